The van der Waals surface area contributed by atoms with Crippen molar-refractivity contribution in [3.05, 3.63) is 54.4 Å². The van der Waals surface area contributed by atoms with Crippen LogP contribution in [0, 0.1) is 5.92 Å². The van der Waals surface area contributed by atoms with E-state index >= 15 is 0 Å². The van der Waals surface area contributed by atoms with Crippen molar-refractivity contribution in [1.29, 1.82) is 0 Å². The summed E-state index contributed by atoms with van der Waals surface area (Å²) >= 11 is 0. The number of aromatic nitrogens is 1. The van der Waals surface area contributed by atoms with Gasteiger partial charge in [-0.15, -0.1) is 0 Å². The number of carbonyl (C=O) groups is 1. The van der Waals surface area contributed by atoms with Gasteiger partial charge in [0.1, 0.15) is 0 Å². The molecule has 1 amide bonds. The molecule has 1 heterocycles. The Kier molecular flexibility index (Phi) is 4.93. The highest BCUT2D eigenvalue weighted by Gasteiger charge is 2.09. The Labute approximate surface area is 125 Å². The summed E-state index contributed by atoms with van der Waals surface area (Å²) in [5.41, 5.74) is 2.73. The first-order valence-corrected chi connectivity index (χ1v) is 7.14. The molecule has 2 aromatic rings. The molecule has 0 saturated carbocycles. The smallest absolute Gasteiger partial charge is 0.226 e. The van der Waals surface area contributed by atoms with Crippen LogP contribution in [0.15, 0.2) is 48.7 Å². The van der Waals surface area contributed by atoms with Crippen molar-refractivity contribution in [1.82, 2.24) is 4.98 Å². The molecule has 2 rings (SSSR count). The van der Waals surface area contributed by atoms with Gasteiger partial charge in [-0.2, -0.15) is 0 Å². The standard InChI is InChI=1S/C17H21N3O/c1-12(2)17(21)20-15-8-6-7-14(11-15)19-13(3)16-9-4-5-10-18-16/h4-13,19H,1-3H3,(H,20,21). The van der Waals surface area contributed by atoms with E-state index in [9.17, 15) is 4.79 Å². The molecule has 0 bridgehead atoms. The van der Waals surface area contributed by atoms with Crippen molar-refractivity contribution in [3.8, 4) is 0 Å². The normalized spacial score (nSPS) is 12.0. The highest BCUT2D eigenvalue weighted by atomic mass is 16.1. The minimum atomic E-state index is -0.0333. The second-order valence-electron chi connectivity index (χ2n) is 5.35. The highest BCUT2D eigenvalue weighted by Crippen LogP contribution is 2.21. The molecule has 0 aliphatic rings. The molecule has 1 aromatic heterocycles. The lowest BCUT2D eigenvalue weighted by atomic mass is 10.1. The zero-order valence-corrected chi connectivity index (χ0v) is 12.6. The van der Waals surface area contributed by atoms with Crippen molar-refractivity contribution in [3.63, 3.8) is 0 Å². The highest BCUT2D eigenvalue weighted by molar-refractivity contribution is 5.92. The summed E-state index contributed by atoms with van der Waals surface area (Å²) in [4.78, 5) is 16.1. The molecule has 4 heteroatoms. The lowest BCUT2D eigenvalue weighted by molar-refractivity contribution is -0.118. The van der Waals surface area contributed by atoms with Crippen LogP contribution >= 0.6 is 0 Å². The largest absolute Gasteiger partial charge is 0.377 e. The number of benzene rings is 1. The van der Waals surface area contributed by atoms with Gasteiger partial charge in [0.2, 0.25) is 5.91 Å². The van der Waals surface area contributed by atoms with E-state index in [1.54, 1.807) is 6.20 Å². The first-order chi connectivity index (χ1) is 10.1. The molecule has 0 aliphatic heterocycles. The summed E-state index contributed by atoms with van der Waals surface area (Å²) in [6, 6.07) is 13.7. The fourth-order valence-corrected chi connectivity index (χ4v) is 1.93. The second kappa shape index (κ2) is 6.88. The minimum absolute atomic E-state index is 0.0184. The van der Waals surface area contributed by atoms with Crippen LogP contribution < -0.4 is 10.6 Å². The first-order valence-electron chi connectivity index (χ1n) is 7.14. The number of nitrogens with one attached hydrogen (secondary N) is 2. The van der Waals surface area contributed by atoms with E-state index < -0.39 is 0 Å². The van der Waals surface area contributed by atoms with Crippen LogP contribution in [-0.4, -0.2) is 10.9 Å². The molecule has 1 unspecified atom stereocenters. The van der Waals surface area contributed by atoms with Gasteiger partial charge in [-0.05, 0) is 37.3 Å². The van der Waals surface area contributed by atoms with Crippen LogP contribution in [0.2, 0.25) is 0 Å². The van der Waals surface area contributed by atoms with Gasteiger partial charge in [0, 0.05) is 23.5 Å². The summed E-state index contributed by atoms with van der Waals surface area (Å²) in [7, 11) is 0. The molecule has 2 N–H and O–H groups in total. The van der Waals surface area contributed by atoms with Gasteiger partial charge in [0.05, 0.1) is 11.7 Å². The number of amides is 1. The molecule has 0 fully saturated rings. The Balaban J connectivity index is 2.06. The van der Waals surface area contributed by atoms with Gasteiger partial charge in [0.15, 0.2) is 0 Å². The molecule has 0 aliphatic carbocycles. The molecular formula is C17H21N3O. The van der Waals surface area contributed by atoms with Crippen LogP contribution in [0.1, 0.15) is 32.5 Å². The van der Waals surface area contributed by atoms with Crippen LogP contribution in [0.4, 0.5) is 11.4 Å². The molecule has 0 radical (unpaired) electrons. The van der Waals surface area contributed by atoms with Gasteiger partial charge < -0.3 is 10.6 Å². The maximum Gasteiger partial charge on any atom is 0.226 e. The zero-order valence-electron chi connectivity index (χ0n) is 12.6. The SMILES string of the molecule is CC(C)C(=O)Nc1cccc(NC(C)c2ccccn2)c1. The van der Waals surface area contributed by atoms with Gasteiger partial charge >= 0.3 is 0 Å². The maximum atomic E-state index is 11.7. The Morgan fingerprint density at radius 3 is 2.48 bits per heavy atom. The lowest BCUT2D eigenvalue weighted by Crippen LogP contribution is -2.17. The third-order valence-electron chi connectivity index (χ3n) is 3.17. The predicted octanol–water partition coefficient (Wildman–Crippen LogP) is 3.85. The van der Waals surface area contributed by atoms with Crippen molar-refractivity contribution in [2.24, 2.45) is 5.92 Å². The number of anilines is 2. The Morgan fingerprint density at radius 2 is 1.81 bits per heavy atom. The van der Waals surface area contributed by atoms with Crippen molar-refractivity contribution in [2.45, 2.75) is 26.8 Å². The summed E-state index contributed by atoms with van der Waals surface area (Å²) in [6.45, 7) is 5.81. The van der Waals surface area contributed by atoms with Crippen LogP contribution in [0.25, 0.3) is 0 Å². The molecule has 0 saturated heterocycles. The fourth-order valence-electron chi connectivity index (χ4n) is 1.93. The van der Waals surface area contributed by atoms with E-state index in [2.05, 4.69) is 22.5 Å². The first kappa shape index (κ1) is 15.0. The molecule has 21 heavy (non-hydrogen) atoms. The minimum Gasteiger partial charge on any atom is -0.377 e. The van der Waals surface area contributed by atoms with Crippen LogP contribution in [-0.2, 0) is 4.79 Å². The molecule has 110 valence electrons. The number of hydrogen-bond acceptors (Lipinski definition) is 3. The fraction of sp³-hybridized carbons (Fsp3) is 0.294. The Morgan fingerprint density at radius 1 is 1.05 bits per heavy atom. The van der Waals surface area contributed by atoms with E-state index in [0.717, 1.165) is 17.1 Å². The summed E-state index contributed by atoms with van der Waals surface area (Å²) < 4.78 is 0. The maximum absolute atomic E-state index is 11.7. The summed E-state index contributed by atoms with van der Waals surface area (Å²) in [6.07, 6.45) is 1.78. The van der Waals surface area contributed by atoms with E-state index in [4.69, 9.17) is 0 Å². The van der Waals surface area contributed by atoms with E-state index in [1.807, 2.05) is 56.3 Å². The van der Waals surface area contributed by atoms with Gasteiger partial charge in [-0.1, -0.05) is 26.0 Å². The number of nitrogens with zero attached hydrogens (tertiary/aromatic N) is 1. The predicted molar refractivity (Wildman–Crippen MR) is 86.2 cm³/mol. The van der Waals surface area contributed by atoms with E-state index in [-0.39, 0.29) is 17.9 Å². The van der Waals surface area contributed by atoms with Crippen molar-refractivity contribution >= 4 is 17.3 Å². The topological polar surface area (TPSA) is 54.0 Å². The Bertz CT molecular complexity index is 596. The van der Waals surface area contributed by atoms with Gasteiger partial charge in [-0.3, -0.25) is 9.78 Å². The number of hydrogen-bond donors (Lipinski definition) is 2. The van der Waals surface area contributed by atoms with E-state index in [1.165, 1.54) is 0 Å². The van der Waals surface area contributed by atoms with Gasteiger partial charge in [-0.25, -0.2) is 0 Å². The average molecular weight is 283 g/mol. The zero-order chi connectivity index (χ0) is 15.2. The Hall–Kier alpha value is -2.36. The molecule has 4 nitrogen and oxygen atoms in total. The van der Waals surface area contributed by atoms with Crippen LogP contribution in [0.5, 0.6) is 0 Å². The second-order valence-corrected chi connectivity index (χ2v) is 5.35. The van der Waals surface area contributed by atoms with E-state index in [0.29, 0.717) is 0 Å². The van der Waals surface area contributed by atoms with Crippen molar-refractivity contribution < 1.29 is 4.79 Å². The summed E-state index contributed by atoms with van der Waals surface area (Å²) in [5.74, 6) is -0.0148. The lowest BCUT2D eigenvalue weighted by Gasteiger charge is -2.16. The van der Waals surface area contributed by atoms with Crippen LogP contribution in [0.3, 0.4) is 0 Å². The number of rotatable bonds is 5. The monoisotopic (exact) mass is 283 g/mol. The number of pyridine rings is 1. The quantitative estimate of drug-likeness (QED) is 0.876. The third kappa shape index (κ3) is 4.31. The molecule has 0 spiro atoms. The molecule has 1 aromatic carbocycles. The van der Waals surface area contributed by atoms with Crippen molar-refractivity contribution in [2.75, 3.05) is 10.6 Å². The average Bonchev–Trinajstić information content (AvgIpc) is 2.48. The molecule has 1 atom stereocenters. The summed E-state index contributed by atoms with van der Waals surface area (Å²) in [5, 5.41) is 6.29. The third-order valence-corrected chi connectivity index (χ3v) is 3.17. The molecular weight excluding hydrogens is 262 g/mol. The van der Waals surface area contributed by atoms with Gasteiger partial charge in [0.25, 0.3) is 0 Å². The number of carbonyl (C=O) groups excluding carboxylic acids is 1.